The van der Waals surface area contributed by atoms with Gasteiger partial charge in [0.25, 0.3) is 0 Å². The van der Waals surface area contributed by atoms with E-state index in [9.17, 15) is 9.59 Å². The summed E-state index contributed by atoms with van der Waals surface area (Å²) < 4.78 is 0. The molecule has 1 aliphatic rings. The van der Waals surface area contributed by atoms with Crippen LogP contribution < -0.4 is 11.5 Å². The lowest BCUT2D eigenvalue weighted by atomic mass is 10.2. The van der Waals surface area contributed by atoms with E-state index < -0.39 is 5.91 Å². The molecule has 0 spiro atoms. The second-order valence-corrected chi connectivity index (χ2v) is 3.00. The third-order valence-electron chi connectivity index (χ3n) is 2.05. The Hall–Kier alpha value is -1.10. The monoisotopic (exact) mass is 171 g/mol. The van der Waals surface area contributed by atoms with Crippen molar-refractivity contribution in [2.75, 3.05) is 13.1 Å². The van der Waals surface area contributed by atoms with Gasteiger partial charge < -0.3 is 11.5 Å². The maximum absolute atomic E-state index is 10.8. The molecule has 5 nitrogen and oxygen atoms in total. The van der Waals surface area contributed by atoms with Crippen LogP contribution in [0.1, 0.15) is 12.8 Å². The molecule has 0 radical (unpaired) electrons. The van der Waals surface area contributed by atoms with Crippen molar-refractivity contribution in [2.24, 2.45) is 11.5 Å². The molecule has 1 rings (SSSR count). The highest BCUT2D eigenvalue weighted by atomic mass is 16.2. The maximum atomic E-state index is 10.8. The summed E-state index contributed by atoms with van der Waals surface area (Å²) in [4.78, 5) is 23.1. The molecule has 1 saturated heterocycles. The van der Waals surface area contributed by atoms with Gasteiger partial charge in [0, 0.05) is 0 Å². The number of hydrogen-bond acceptors (Lipinski definition) is 3. The molecule has 4 N–H and O–H groups in total. The molecule has 1 unspecified atom stereocenters. The van der Waals surface area contributed by atoms with Gasteiger partial charge in [-0.15, -0.1) is 0 Å². The van der Waals surface area contributed by atoms with Crippen LogP contribution in [0.4, 0.5) is 0 Å². The summed E-state index contributed by atoms with van der Waals surface area (Å²) in [7, 11) is 0. The van der Waals surface area contributed by atoms with Crippen LogP contribution in [-0.2, 0) is 9.59 Å². The van der Waals surface area contributed by atoms with Crippen molar-refractivity contribution < 1.29 is 9.59 Å². The molecule has 1 aliphatic heterocycles. The molecule has 5 heteroatoms. The third kappa shape index (κ3) is 1.94. The van der Waals surface area contributed by atoms with E-state index in [2.05, 4.69) is 0 Å². The topological polar surface area (TPSA) is 89.4 Å². The van der Waals surface area contributed by atoms with Crippen LogP contribution >= 0.6 is 0 Å². The first-order valence-electron chi connectivity index (χ1n) is 3.93. The number of carbonyl (C=O) groups excluding carboxylic acids is 2. The summed E-state index contributed by atoms with van der Waals surface area (Å²) in [5.41, 5.74) is 10.1. The molecule has 1 heterocycles. The zero-order valence-corrected chi connectivity index (χ0v) is 6.82. The fourth-order valence-corrected chi connectivity index (χ4v) is 1.54. The van der Waals surface area contributed by atoms with Crippen molar-refractivity contribution in [2.45, 2.75) is 18.9 Å². The minimum atomic E-state index is -0.414. The van der Waals surface area contributed by atoms with Crippen LogP contribution in [0, 0.1) is 0 Å². The molecule has 1 fully saturated rings. The quantitative estimate of drug-likeness (QED) is 0.537. The van der Waals surface area contributed by atoms with Crippen molar-refractivity contribution in [3.8, 4) is 0 Å². The zero-order chi connectivity index (χ0) is 9.14. The molecular weight excluding hydrogens is 158 g/mol. The predicted octanol–water partition coefficient (Wildman–Crippen LogP) is -1.58. The Balaban J connectivity index is 2.52. The Labute approximate surface area is 70.7 Å². The van der Waals surface area contributed by atoms with Gasteiger partial charge in [-0.25, -0.2) is 0 Å². The van der Waals surface area contributed by atoms with Crippen LogP contribution in [0.3, 0.4) is 0 Å². The Kier molecular flexibility index (Phi) is 2.65. The Morgan fingerprint density at radius 3 is 2.58 bits per heavy atom. The van der Waals surface area contributed by atoms with Crippen molar-refractivity contribution in [1.82, 2.24) is 4.90 Å². The lowest BCUT2D eigenvalue weighted by Gasteiger charge is -2.19. The first-order chi connectivity index (χ1) is 5.61. The number of amides is 2. The number of nitrogens with zero attached hydrogens (tertiary/aromatic N) is 1. The number of likely N-dealkylation sites (tertiary alicyclic amines) is 1. The molecule has 0 aromatic heterocycles. The van der Waals surface area contributed by atoms with Crippen LogP contribution in [0.15, 0.2) is 0 Å². The largest absolute Gasteiger partial charge is 0.369 e. The lowest BCUT2D eigenvalue weighted by molar-refractivity contribution is -0.124. The molecule has 2 amide bonds. The van der Waals surface area contributed by atoms with Gasteiger partial charge in [0.15, 0.2) is 0 Å². The highest BCUT2D eigenvalue weighted by molar-refractivity contribution is 5.82. The summed E-state index contributed by atoms with van der Waals surface area (Å²) in [6.45, 7) is 0.865. The average molecular weight is 171 g/mol. The van der Waals surface area contributed by atoms with E-state index in [1.54, 1.807) is 4.90 Å². The summed E-state index contributed by atoms with van der Waals surface area (Å²) in [5, 5.41) is 0. The standard InChI is InChI=1S/C7H13N3O2/c8-6(11)4-10-3-1-2-5(10)7(9)12/h5H,1-4H2,(H2,8,11)(H2,9,12). The molecular formula is C7H13N3O2. The van der Waals surface area contributed by atoms with Gasteiger partial charge in [-0.2, -0.15) is 0 Å². The van der Waals surface area contributed by atoms with Gasteiger partial charge in [-0.1, -0.05) is 0 Å². The normalized spacial score (nSPS) is 24.2. The summed E-state index contributed by atoms with van der Waals surface area (Å²) in [6, 6.07) is -0.294. The molecule has 0 aromatic carbocycles. The smallest absolute Gasteiger partial charge is 0.234 e. The molecule has 0 saturated carbocycles. The minimum absolute atomic E-state index is 0.133. The van der Waals surface area contributed by atoms with Gasteiger partial charge in [0.05, 0.1) is 12.6 Å². The van der Waals surface area contributed by atoms with E-state index in [1.165, 1.54) is 0 Å². The summed E-state index contributed by atoms with van der Waals surface area (Å²) in [6.07, 6.45) is 1.64. The number of hydrogen-bond donors (Lipinski definition) is 2. The van der Waals surface area contributed by atoms with Crippen molar-refractivity contribution >= 4 is 11.8 Å². The van der Waals surface area contributed by atoms with Crippen molar-refractivity contribution in [1.29, 1.82) is 0 Å². The Morgan fingerprint density at radius 2 is 2.08 bits per heavy atom. The fraction of sp³-hybridized carbons (Fsp3) is 0.714. The highest BCUT2D eigenvalue weighted by Gasteiger charge is 2.29. The molecule has 0 aliphatic carbocycles. The number of primary amides is 2. The highest BCUT2D eigenvalue weighted by Crippen LogP contribution is 2.15. The number of carbonyl (C=O) groups is 2. The van der Waals surface area contributed by atoms with Crippen LogP contribution in [0.25, 0.3) is 0 Å². The minimum Gasteiger partial charge on any atom is -0.369 e. The SMILES string of the molecule is NC(=O)CN1CCCC1C(N)=O. The fourth-order valence-electron chi connectivity index (χ4n) is 1.54. The van der Waals surface area contributed by atoms with E-state index in [-0.39, 0.29) is 18.5 Å². The first-order valence-corrected chi connectivity index (χ1v) is 3.93. The van der Waals surface area contributed by atoms with Crippen LogP contribution in [0.5, 0.6) is 0 Å². The van der Waals surface area contributed by atoms with E-state index in [0.717, 1.165) is 19.4 Å². The van der Waals surface area contributed by atoms with Gasteiger partial charge in [0.1, 0.15) is 0 Å². The van der Waals surface area contributed by atoms with E-state index in [0.29, 0.717) is 0 Å². The van der Waals surface area contributed by atoms with Crippen LogP contribution in [0.2, 0.25) is 0 Å². The molecule has 1 atom stereocenters. The first kappa shape index (κ1) is 8.99. The lowest BCUT2D eigenvalue weighted by Crippen LogP contribution is -2.44. The van der Waals surface area contributed by atoms with E-state index in [1.807, 2.05) is 0 Å². The predicted molar refractivity (Wildman–Crippen MR) is 43.0 cm³/mol. The summed E-state index contributed by atoms with van der Waals surface area (Å²) in [5.74, 6) is -0.781. The maximum Gasteiger partial charge on any atom is 0.234 e. The third-order valence-corrected chi connectivity index (χ3v) is 2.05. The Bertz CT molecular complexity index is 205. The van der Waals surface area contributed by atoms with Gasteiger partial charge in [-0.05, 0) is 19.4 Å². The zero-order valence-electron chi connectivity index (χ0n) is 6.82. The second kappa shape index (κ2) is 3.53. The number of rotatable bonds is 3. The van der Waals surface area contributed by atoms with Crippen molar-refractivity contribution in [3.05, 3.63) is 0 Å². The van der Waals surface area contributed by atoms with Crippen molar-refractivity contribution in [3.63, 3.8) is 0 Å². The van der Waals surface area contributed by atoms with Gasteiger partial charge in [-0.3, -0.25) is 14.5 Å². The molecule has 68 valence electrons. The second-order valence-electron chi connectivity index (χ2n) is 3.00. The summed E-state index contributed by atoms with van der Waals surface area (Å²) >= 11 is 0. The molecule has 0 bridgehead atoms. The van der Waals surface area contributed by atoms with Gasteiger partial charge in [0.2, 0.25) is 11.8 Å². The van der Waals surface area contributed by atoms with E-state index in [4.69, 9.17) is 11.5 Å². The number of nitrogens with two attached hydrogens (primary N) is 2. The Morgan fingerprint density at radius 1 is 1.42 bits per heavy atom. The average Bonchev–Trinajstić information content (AvgIpc) is 2.33. The van der Waals surface area contributed by atoms with Gasteiger partial charge >= 0.3 is 0 Å². The molecule has 12 heavy (non-hydrogen) atoms. The molecule has 0 aromatic rings. The van der Waals surface area contributed by atoms with Crippen LogP contribution in [-0.4, -0.2) is 35.8 Å². The van der Waals surface area contributed by atoms with E-state index >= 15 is 0 Å².